The number of carbonyl (C=O) groups is 2. The Morgan fingerprint density at radius 2 is 1.03 bits per heavy atom. The SMILES string of the molecule is CCCCCCCCCCCCCCCCOC(=O)C(C)(C)C(=O)OCC(C)C. The zero-order chi connectivity index (χ0) is 22.0. The Bertz CT molecular complexity index is 415. The molecule has 0 unspecified atom stereocenters. The maximum Gasteiger partial charge on any atom is 0.322 e. The van der Waals surface area contributed by atoms with E-state index in [1.54, 1.807) is 13.8 Å². The number of carbonyl (C=O) groups excluding carboxylic acids is 2. The van der Waals surface area contributed by atoms with Gasteiger partial charge in [-0.25, -0.2) is 0 Å². The minimum absolute atomic E-state index is 0.251. The monoisotopic (exact) mass is 412 g/mol. The van der Waals surface area contributed by atoms with Gasteiger partial charge in [0.1, 0.15) is 0 Å². The number of esters is 2. The van der Waals surface area contributed by atoms with Gasteiger partial charge in [-0.2, -0.15) is 0 Å². The smallest absolute Gasteiger partial charge is 0.322 e. The minimum atomic E-state index is -1.23. The molecule has 4 heteroatoms. The summed E-state index contributed by atoms with van der Waals surface area (Å²) in [5.74, 6) is -0.737. The van der Waals surface area contributed by atoms with E-state index in [1.807, 2.05) is 13.8 Å². The van der Waals surface area contributed by atoms with Gasteiger partial charge in [0.05, 0.1) is 13.2 Å². The topological polar surface area (TPSA) is 52.6 Å². The summed E-state index contributed by atoms with van der Waals surface area (Å²) in [6.45, 7) is 10.1. The molecular formula is C25H48O4. The van der Waals surface area contributed by atoms with E-state index in [9.17, 15) is 9.59 Å². The van der Waals surface area contributed by atoms with E-state index in [-0.39, 0.29) is 5.92 Å². The first-order valence-corrected chi connectivity index (χ1v) is 12.2. The van der Waals surface area contributed by atoms with Gasteiger partial charge in [0.25, 0.3) is 0 Å². The molecule has 0 aliphatic carbocycles. The molecule has 0 radical (unpaired) electrons. The predicted octanol–water partition coefficient (Wildman–Crippen LogP) is 7.24. The molecule has 29 heavy (non-hydrogen) atoms. The maximum absolute atomic E-state index is 12.2. The van der Waals surface area contributed by atoms with Crippen molar-refractivity contribution in [3.05, 3.63) is 0 Å². The summed E-state index contributed by atoms with van der Waals surface area (Å²) in [6.07, 6.45) is 18.1. The fourth-order valence-corrected chi connectivity index (χ4v) is 3.15. The molecule has 4 nitrogen and oxygen atoms in total. The van der Waals surface area contributed by atoms with Gasteiger partial charge in [-0.05, 0) is 26.2 Å². The largest absolute Gasteiger partial charge is 0.465 e. The van der Waals surface area contributed by atoms with Crippen LogP contribution < -0.4 is 0 Å². The Labute approximate surface area is 180 Å². The fourth-order valence-electron chi connectivity index (χ4n) is 3.15. The molecular weight excluding hydrogens is 364 g/mol. The third kappa shape index (κ3) is 15.4. The highest BCUT2D eigenvalue weighted by Gasteiger charge is 2.39. The van der Waals surface area contributed by atoms with Crippen LogP contribution in [0.5, 0.6) is 0 Å². The van der Waals surface area contributed by atoms with E-state index < -0.39 is 17.4 Å². The Hall–Kier alpha value is -1.06. The fraction of sp³-hybridized carbons (Fsp3) is 0.920. The predicted molar refractivity (Wildman–Crippen MR) is 121 cm³/mol. The number of rotatable bonds is 19. The highest BCUT2D eigenvalue weighted by atomic mass is 16.6. The lowest BCUT2D eigenvalue weighted by molar-refractivity contribution is -0.170. The summed E-state index contributed by atoms with van der Waals surface area (Å²) in [6, 6.07) is 0. The summed E-state index contributed by atoms with van der Waals surface area (Å²) >= 11 is 0. The van der Waals surface area contributed by atoms with E-state index >= 15 is 0 Å². The molecule has 0 aliphatic heterocycles. The zero-order valence-corrected chi connectivity index (χ0v) is 20.0. The lowest BCUT2D eigenvalue weighted by atomic mass is 9.94. The molecule has 0 N–H and O–H groups in total. The molecule has 0 rings (SSSR count). The summed E-state index contributed by atoms with van der Waals surface area (Å²) in [4.78, 5) is 24.2. The Kier molecular flexibility index (Phi) is 17.1. The van der Waals surface area contributed by atoms with Gasteiger partial charge >= 0.3 is 11.9 Å². The number of hydrogen-bond acceptors (Lipinski definition) is 4. The number of hydrogen-bond donors (Lipinski definition) is 0. The van der Waals surface area contributed by atoms with Crippen molar-refractivity contribution >= 4 is 11.9 Å². The van der Waals surface area contributed by atoms with Crippen LogP contribution in [-0.4, -0.2) is 25.2 Å². The lowest BCUT2D eigenvalue weighted by Gasteiger charge is -2.21. The molecule has 0 heterocycles. The molecule has 0 atom stereocenters. The average Bonchev–Trinajstić information content (AvgIpc) is 2.68. The summed E-state index contributed by atoms with van der Waals surface area (Å²) in [5, 5.41) is 0. The van der Waals surface area contributed by atoms with Crippen molar-refractivity contribution in [3.63, 3.8) is 0 Å². The first-order chi connectivity index (χ1) is 13.8. The van der Waals surface area contributed by atoms with Crippen molar-refractivity contribution in [1.29, 1.82) is 0 Å². The van der Waals surface area contributed by atoms with Crippen LogP contribution in [0, 0.1) is 11.3 Å². The second-order valence-electron chi connectivity index (χ2n) is 9.35. The first-order valence-electron chi connectivity index (χ1n) is 12.2. The van der Waals surface area contributed by atoms with E-state index in [1.165, 1.54) is 77.0 Å². The van der Waals surface area contributed by atoms with Crippen LogP contribution in [0.2, 0.25) is 0 Å². The molecule has 0 saturated carbocycles. The lowest BCUT2D eigenvalue weighted by Crippen LogP contribution is -2.37. The van der Waals surface area contributed by atoms with Crippen molar-refractivity contribution in [2.45, 2.75) is 125 Å². The normalized spacial score (nSPS) is 11.7. The molecule has 0 aromatic rings. The van der Waals surface area contributed by atoms with Crippen molar-refractivity contribution in [2.24, 2.45) is 11.3 Å². The highest BCUT2D eigenvalue weighted by molar-refractivity contribution is 5.99. The molecule has 0 saturated heterocycles. The molecule has 0 aliphatic rings. The minimum Gasteiger partial charge on any atom is -0.465 e. The summed E-state index contributed by atoms with van der Waals surface area (Å²) in [5.41, 5.74) is -1.23. The van der Waals surface area contributed by atoms with Crippen molar-refractivity contribution in [2.75, 3.05) is 13.2 Å². The van der Waals surface area contributed by atoms with Crippen LogP contribution in [0.15, 0.2) is 0 Å². The summed E-state index contributed by atoms with van der Waals surface area (Å²) < 4.78 is 10.5. The molecule has 0 aromatic heterocycles. The molecule has 0 amide bonds. The second kappa shape index (κ2) is 17.8. The van der Waals surface area contributed by atoms with Crippen LogP contribution >= 0.6 is 0 Å². The first kappa shape index (κ1) is 27.9. The maximum atomic E-state index is 12.2. The van der Waals surface area contributed by atoms with Crippen molar-refractivity contribution < 1.29 is 19.1 Å². The quantitative estimate of drug-likeness (QED) is 0.127. The van der Waals surface area contributed by atoms with Crippen LogP contribution in [0.4, 0.5) is 0 Å². The third-order valence-corrected chi connectivity index (χ3v) is 5.30. The molecule has 0 spiro atoms. The number of unbranched alkanes of at least 4 members (excludes halogenated alkanes) is 13. The van der Waals surface area contributed by atoms with E-state index in [0.717, 1.165) is 12.8 Å². The van der Waals surface area contributed by atoms with Gasteiger partial charge < -0.3 is 9.47 Å². The molecule has 172 valence electrons. The van der Waals surface area contributed by atoms with Crippen LogP contribution in [-0.2, 0) is 19.1 Å². The Balaban J connectivity index is 3.53. The van der Waals surface area contributed by atoms with E-state index in [2.05, 4.69) is 6.92 Å². The average molecular weight is 413 g/mol. The van der Waals surface area contributed by atoms with Gasteiger partial charge in [0.15, 0.2) is 5.41 Å². The van der Waals surface area contributed by atoms with Gasteiger partial charge in [-0.15, -0.1) is 0 Å². The summed E-state index contributed by atoms with van der Waals surface area (Å²) in [7, 11) is 0. The van der Waals surface area contributed by atoms with Gasteiger partial charge in [0, 0.05) is 0 Å². The van der Waals surface area contributed by atoms with Crippen LogP contribution in [0.25, 0.3) is 0 Å². The van der Waals surface area contributed by atoms with Gasteiger partial charge in [0.2, 0.25) is 0 Å². The molecule has 0 bridgehead atoms. The van der Waals surface area contributed by atoms with Gasteiger partial charge in [-0.1, -0.05) is 104 Å². The van der Waals surface area contributed by atoms with Crippen LogP contribution in [0.1, 0.15) is 125 Å². The second-order valence-corrected chi connectivity index (χ2v) is 9.35. The zero-order valence-electron chi connectivity index (χ0n) is 20.0. The molecule has 0 aromatic carbocycles. The number of ether oxygens (including phenoxy) is 2. The molecule has 0 fully saturated rings. The van der Waals surface area contributed by atoms with E-state index in [0.29, 0.717) is 13.2 Å². The highest BCUT2D eigenvalue weighted by Crippen LogP contribution is 2.20. The van der Waals surface area contributed by atoms with Crippen LogP contribution in [0.3, 0.4) is 0 Å². The Morgan fingerprint density at radius 3 is 1.45 bits per heavy atom. The van der Waals surface area contributed by atoms with Crippen molar-refractivity contribution in [1.82, 2.24) is 0 Å². The van der Waals surface area contributed by atoms with E-state index in [4.69, 9.17) is 9.47 Å². The third-order valence-electron chi connectivity index (χ3n) is 5.30. The van der Waals surface area contributed by atoms with Gasteiger partial charge in [-0.3, -0.25) is 9.59 Å². The van der Waals surface area contributed by atoms with Crippen molar-refractivity contribution in [3.8, 4) is 0 Å². The standard InChI is InChI=1S/C25H48O4/c1-6-7-8-9-10-11-12-13-14-15-16-17-18-19-20-28-23(26)25(4,5)24(27)29-21-22(2)3/h22H,6-21H2,1-5H3. The Morgan fingerprint density at radius 1 is 0.655 bits per heavy atom.